The van der Waals surface area contributed by atoms with Crippen molar-refractivity contribution >= 4 is 51.5 Å². The normalized spacial score (nSPS) is 11.1. The van der Waals surface area contributed by atoms with Gasteiger partial charge >= 0.3 is 0 Å². The average molecular weight is 517 g/mol. The van der Waals surface area contributed by atoms with Crippen molar-refractivity contribution in [2.24, 2.45) is 7.05 Å². The molecule has 0 aliphatic carbocycles. The third-order valence-electron chi connectivity index (χ3n) is 5.15. The number of methoxy groups -OCH3 is 1. The highest BCUT2D eigenvalue weighted by molar-refractivity contribution is 7.98. The van der Waals surface area contributed by atoms with Crippen molar-refractivity contribution in [3.8, 4) is 27.8 Å². The molecule has 0 aliphatic rings. The molecule has 0 aliphatic heterocycles. The first-order valence-corrected chi connectivity index (χ1v) is 12.6. The van der Waals surface area contributed by atoms with Crippen molar-refractivity contribution in [2.45, 2.75) is 4.90 Å². The van der Waals surface area contributed by atoms with Crippen LogP contribution in [0.2, 0.25) is 5.02 Å². The number of nitrogens with one attached hydrogen (secondary N) is 1. The minimum Gasteiger partial charge on any atom is -0.491 e. The van der Waals surface area contributed by atoms with Gasteiger partial charge in [-0.25, -0.2) is 9.97 Å². The molecule has 1 aromatic carbocycles. The van der Waals surface area contributed by atoms with E-state index in [9.17, 15) is 9.59 Å². The number of halogens is 1. The zero-order chi connectivity index (χ0) is 24.4. The largest absolute Gasteiger partial charge is 0.491 e. The highest BCUT2D eigenvalue weighted by Crippen LogP contribution is 2.35. The number of fused-ring (bicyclic) bond motifs is 1. The van der Waals surface area contributed by atoms with Crippen LogP contribution in [0.25, 0.3) is 33.0 Å². The fourth-order valence-corrected chi connectivity index (χ4v) is 5.28. The lowest BCUT2D eigenvalue weighted by molar-refractivity contribution is 0.0932. The molecule has 0 fully saturated rings. The van der Waals surface area contributed by atoms with Gasteiger partial charge in [0.05, 0.1) is 29.8 Å². The Balaban J connectivity index is 1.85. The summed E-state index contributed by atoms with van der Waals surface area (Å²) in [7, 11) is 3.10. The van der Waals surface area contributed by atoms with Crippen LogP contribution in [0, 0.1) is 0 Å². The Hall–Kier alpha value is -2.92. The summed E-state index contributed by atoms with van der Waals surface area (Å²) in [5.74, 6) is -0.365. The molecule has 0 saturated carbocycles. The number of ether oxygens (including phenoxy) is 1. The number of nitrogens with zero attached hydrogens (tertiary/aromatic N) is 3. The molecule has 0 unspecified atom stereocenters. The predicted octanol–water partition coefficient (Wildman–Crippen LogP) is 3.83. The van der Waals surface area contributed by atoms with Crippen LogP contribution in [0.3, 0.4) is 0 Å². The molecule has 1 amide bonds. The van der Waals surface area contributed by atoms with E-state index in [0.717, 1.165) is 22.7 Å². The topological polar surface area (TPSA) is 106 Å². The lowest BCUT2D eigenvalue weighted by Gasteiger charge is -2.19. The van der Waals surface area contributed by atoms with E-state index in [4.69, 9.17) is 26.4 Å². The van der Waals surface area contributed by atoms with Crippen LogP contribution >= 0.6 is 34.7 Å². The van der Waals surface area contributed by atoms with Gasteiger partial charge in [-0.3, -0.25) is 9.59 Å². The van der Waals surface area contributed by atoms with Crippen molar-refractivity contribution in [3.63, 3.8) is 0 Å². The maximum Gasteiger partial charge on any atom is 0.269 e. The number of benzene rings is 1. The van der Waals surface area contributed by atoms with E-state index in [1.54, 1.807) is 29.3 Å². The van der Waals surface area contributed by atoms with Gasteiger partial charge in [0.2, 0.25) is 5.43 Å². The third kappa shape index (κ3) is 4.41. The van der Waals surface area contributed by atoms with Gasteiger partial charge in [-0.05, 0) is 30.5 Å². The molecule has 176 valence electrons. The fraction of sp³-hybridized carbons (Fsp3) is 0.217. The molecule has 3 heterocycles. The summed E-state index contributed by atoms with van der Waals surface area (Å²) in [4.78, 5) is 35.7. The van der Waals surface area contributed by atoms with Gasteiger partial charge in [0.1, 0.15) is 22.1 Å². The summed E-state index contributed by atoms with van der Waals surface area (Å²) in [5, 5.41) is 15.7. The van der Waals surface area contributed by atoms with E-state index in [1.807, 2.05) is 24.3 Å². The van der Waals surface area contributed by atoms with E-state index < -0.39 is 11.3 Å². The zero-order valence-corrected chi connectivity index (χ0v) is 21.0. The number of hydrogen-bond donors (Lipinski definition) is 2. The van der Waals surface area contributed by atoms with Crippen LogP contribution in [-0.4, -0.2) is 52.1 Å². The first-order chi connectivity index (χ1) is 16.4. The standard InChI is InChI=1S/C23H21ClN4O4S2/c1-28-17(20(32-2)19(30)21(33-3)18(28)22(31)25-8-9-29)16-11-34-23(27-16)15-6-4-12-10-13(24)5-7-14(12)26-15/h4-7,10-11,29H,8-9H2,1-3H3,(H,25,31). The van der Waals surface area contributed by atoms with Crippen LogP contribution in [0.1, 0.15) is 10.5 Å². The summed E-state index contributed by atoms with van der Waals surface area (Å²) in [6, 6.07) is 9.27. The van der Waals surface area contributed by atoms with Crippen LogP contribution < -0.4 is 15.5 Å². The number of rotatable bonds is 7. The molecule has 4 rings (SSSR count). The van der Waals surface area contributed by atoms with Crippen molar-refractivity contribution < 1.29 is 14.6 Å². The molecular weight excluding hydrogens is 496 g/mol. The van der Waals surface area contributed by atoms with Gasteiger partial charge in [-0.1, -0.05) is 17.7 Å². The van der Waals surface area contributed by atoms with Crippen LogP contribution in [0.15, 0.2) is 45.4 Å². The molecule has 0 saturated heterocycles. The van der Waals surface area contributed by atoms with Crippen molar-refractivity contribution in [1.82, 2.24) is 19.9 Å². The van der Waals surface area contributed by atoms with Gasteiger partial charge in [0.25, 0.3) is 5.91 Å². The minimum atomic E-state index is -0.466. The quantitative estimate of drug-likeness (QED) is 0.359. The number of carbonyl (C=O) groups excluding carboxylic acids is 1. The first kappa shape index (κ1) is 24.2. The molecule has 34 heavy (non-hydrogen) atoms. The number of hydrogen-bond acceptors (Lipinski definition) is 8. The molecule has 3 aromatic heterocycles. The highest BCUT2D eigenvalue weighted by Gasteiger charge is 2.27. The number of aliphatic hydroxyl groups excluding tert-OH is 1. The van der Waals surface area contributed by atoms with Gasteiger partial charge in [-0.15, -0.1) is 23.1 Å². The van der Waals surface area contributed by atoms with Crippen LogP contribution in [0.5, 0.6) is 5.75 Å². The van der Waals surface area contributed by atoms with Crippen LogP contribution in [0.4, 0.5) is 0 Å². The van der Waals surface area contributed by atoms with Gasteiger partial charge in [0.15, 0.2) is 5.75 Å². The molecular formula is C23H21ClN4O4S2. The fourth-order valence-electron chi connectivity index (χ4n) is 3.63. The SMILES string of the molecule is COc1c(-c2csc(-c3ccc4cc(Cl)ccc4n3)n2)n(C)c(C(=O)NCCO)c(SC)c1=O. The van der Waals surface area contributed by atoms with E-state index in [1.165, 1.54) is 18.4 Å². The Morgan fingerprint density at radius 2 is 2.06 bits per heavy atom. The Bertz CT molecular complexity index is 1450. The van der Waals surface area contributed by atoms with E-state index >= 15 is 0 Å². The molecule has 0 bridgehead atoms. The first-order valence-electron chi connectivity index (χ1n) is 10.2. The zero-order valence-electron chi connectivity index (χ0n) is 18.6. The van der Waals surface area contributed by atoms with Crippen LogP contribution in [-0.2, 0) is 7.05 Å². The van der Waals surface area contributed by atoms with Crippen molar-refractivity contribution in [3.05, 3.63) is 56.7 Å². The number of pyridine rings is 2. The van der Waals surface area contributed by atoms with Crippen molar-refractivity contribution in [1.29, 1.82) is 0 Å². The Kier molecular flexibility index (Phi) is 7.22. The third-order valence-corrected chi connectivity index (χ3v) is 7.04. The summed E-state index contributed by atoms with van der Waals surface area (Å²) in [6.07, 6.45) is 1.72. The molecule has 2 N–H and O–H groups in total. The van der Waals surface area contributed by atoms with Crippen molar-refractivity contribution in [2.75, 3.05) is 26.5 Å². The molecule has 8 nitrogen and oxygen atoms in total. The summed E-state index contributed by atoms with van der Waals surface area (Å²) < 4.78 is 7.08. The summed E-state index contributed by atoms with van der Waals surface area (Å²) in [5.41, 5.74) is 2.12. The van der Waals surface area contributed by atoms with E-state index in [2.05, 4.69) is 10.3 Å². The highest BCUT2D eigenvalue weighted by atomic mass is 35.5. The Morgan fingerprint density at radius 1 is 1.26 bits per heavy atom. The number of amides is 1. The average Bonchev–Trinajstić information content (AvgIpc) is 3.32. The number of aliphatic hydroxyl groups is 1. The molecule has 4 aromatic rings. The van der Waals surface area contributed by atoms with Gasteiger partial charge < -0.3 is 19.7 Å². The smallest absolute Gasteiger partial charge is 0.269 e. The number of carbonyl (C=O) groups is 1. The molecule has 0 atom stereocenters. The maximum atomic E-state index is 13.2. The second kappa shape index (κ2) is 10.1. The summed E-state index contributed by atoms with van der Waals surface area (Å²) in [6.45, 7) is -0.139. The predicted molar refractivity (Wildman–Crippen MR) is 136 cm³/mol. The van der Waals surface area contributed by atoms with E-state index in [0.29, 0.717) is 27.1 Å². The number of thiazole rings is 1. The molecule has 0 spiro atoms. The summed E-state index contributed by atoms with van der Waals surface area (Å²) >= 11 is 8.60. The van der Waals surface area contributed by atoms with Gasteiger partial charge in [-0.2, -0.15) is 0 Å². The second-order valence-electron chi connectivity index (χ2n) is 7.20. The second-order valence-corrected chi connectivity index (χ2v) is 9.31. The minimum absolute atomic E-state index is 0.0713. The Labute approximate surface area is 208 Å². The molecule has 11 heteroatoms. The molecule has 0 radical (unpaired) electrons. The maximum absolute atomic E-state index is 13.2. The lowest BCUT2D eigenvalue weighted by atomic mass is 10.2. The van der Waals surface area contributed by atoms with E-state index in [-0.39, 0.29) is 29.5 Å². The number of aromatic nitrogens is 3. The number of thioether (sulfide) groups is 1. The Morgan fingerprint density at radius 3 is 2.76 bits per heavy atom. The monoisotopic (exact) mass is 516 g/mol. The van der Waals surface area contributed by atoms with Gasteiger partial charge in [0, 0.05) is 29.4 Å². The lowest BCUT2D eigenvalue weighted by Crippen LogP contribution is -2.32.